The van der Waals surface area contributed by atoms with E-state index < -0.39 is 15.6 Å². The molecule has 14 heteroatoms. The molecule has 0 saturated heterocycles. The molecule has 2 aromatic rings. The molecule has 1 atom stereocenters. The average Bonchev–Trinajstić information content (AvgIpc) is 2.58. The van der Waals surface area contributed by atoms with Gasteiger partial charge in [0.2, 0.25) is 5.65 Å². The Morgan fingerprint density at radius 1 is 1.21 bits per heavy atom. The van der Waals surface area contributed by atoms with Gasteiger partial charge in [-0.3, -0.25) is 4.89 Å². The Kier molecular flexibility index (Phi) is 3.31. The molecule has 2 aromatic heterocycles. The first-order chi connectivity index (χ1) is 8.68. The van der Waals surface area contributed by atoms with E-state index in [0.717, 1.165) is 12.7 Å². The molecule has 0 amide bonds. The molecule has 2 rings (SSSR count). The summed E-state index contributed by atoms with van der Waals surface area (Å²) in [4.78, 5) is 37.1. The summed E-state index contributed by atoms with van der Waals surface area (Å²) in [5.41, 5.74) is 5.47. The molecule has 19 heavy (non-hydrogen) atoms. The van der Waals surface area contributed by atoms with Gasteiger partial charge < -0.3 is 20.1 Å². The minimum atomic E-state index is -5.20. The number of phosphoric acid groups is 2. The number of fused-ring (bicyclic) bond motifs is 1. The van der Waals surface area contributed by atoms with Crippen LogP contribution in [0.4, 0.5) is 5.82 Å². The summed E-state index contributed by atoms with van der Waals surface area (Å²) in [5.74, 6) is -0.00368. The minimum Gasteiger partial charge on any atom is -0.382 e. The Hall–Kier alpha value is -1.55. The van der Waals surface area contributed by atoms with Crippen molar-refractivity contribution in [1.82, 2.24) is 19.7 Å². The van der Waals surface area contributed by atoms with Gasteiger partial charge in [0.05, 0.1) is 0 Å². The van der Waals surface area contributed by atoms with Gasteiger partial charge >= 0.3 is 15.6 Å². The SMILES string of the molecule is Nc1ncnc2c1ncn2OP(=O)(O)OP(=O)(O)O. The number of nitrogens with two attached hydrogens (primary N) is 1. The third-order valence-electron chi connectivity index (χ3n) is 1.73. The molecule has 0 aliphatic carbocycles. The predicted molar refractivity (Wildman–Crippen MR) is 59.3 cm³/mol. The van der Waals surface area contributed by atoms with Crippen LogP contribution in [0, 0.1) is 0 Å². The lowest BCUT2D eigenvalue weighted by atomic mass is 10.5. The fourth-order valence-electron chi connectivity index (χ4n) is 1.15. The number of hydrogen-bond acceptors (Lipinski definition) is 8. The zero-order chi connectivity index (χ0) is 14.3. The second-order valence-corrected chi connectivity index (χ2v) is 5.86. The van der Waals surface area contributed by atoms with E-state index in [1.54, 1.807) is 0 Å². The van der Waals surface area contributed by atoms with Crippen LogP contribution in [0.15, 0.2) is 12.7 Å². The van der Waals surface area contributed by atoms with Gasteiger partial charge in [0, 0.05) is 0 Å². The minimum absolute atomic E-state index is 0.00368. The van der Waals surface area contributed by atoms with Crippen LogP contribution in [-0.4, -0.2) is 34.4 Å². The van der Waals surface area contributed by atoms with Crippen molar-refractivity contribution < 1.29 is 32.7 Å². The van der Waals surface area contributed by atoms with Gasteiger partial charge in [-0.25, -0.2) is 24.1 Å². The number of nitrogens with zero attached hydrogens (tertiary/aromatic N) is 4. The van der Waals surface area contributed by atoms with Crippen LogP contribution in [0.5, 0.6) is 0 Å². The highest BCUT2D eigenvalue weighted by molar-refractivity contribution is 7.60. The number of nitrogen functional groups attached to an aromatic ring is 1. The third kappa shape index (κ3) is 3.26. The Labute approximate surface area is 104 Å². The predicted octanol–water partition coefficient (Wildman–Crippen LogP) is -0.953. The summed E-state index contributed by atoms with van der Waals surface area (Å²) in [6.45, 7) is 0. The highest BCUT2D eigenvalue weighted by Crippen LogP contribution is 2.55. The Balaban J connectivity index is 2.34. The van der Waals surface area contributed by atoms with Gasteiger partial charge in [0.1, 0.15) is 12.7 Å². The molecule has 1 unspecified atom stereocenters. The van der Waals surface area contributed by atoms with Crippen LogP contribution in [0.3, 0.4) is 0 Å². The van der Waals surface area contributed by atoms with Crippen molar-refractivity contribution in [1.29, 1.82) is 0 Å². The van der Waals surface area contributed by atoms with E-state index in [4.69, 9.17) is 20.4 Å². The van der Waals surface area contributed by atoms with Crippen LogP contribution >= 0.6 is 15.6 Å². The Morgan fingerprint density at radius 3 is 2.53 bits per heavy atom. The molecule has 0 saturated carbocycles. The second kappa shape index (κ2) is 4.53. The van der Waals surface area contributed by atoms with Crippen molar-refractivity contribution in [3.63, 3.8) is 0 Å². The fourth-order valence-corrected chi connectivity index (χ4v) is 2.69. The van der Waals surface area contributed by atoms with Crippen molar-refractivity contribution >= 4 is 32.6 Å². The van der Waals surface area contributed by atoms with E-state index in [-0.39, 0.29) is 17.0 Å². The maximum atomic E-state index is 11.3. The summed E-state index contributed by atoms with van der Waals surface area (Å²) >= 11 is 0. The van der Waals surface area contributed by atoms with E-state index in [0.29, 0.717) is 4.73 Å². The highest BCUT2D eigenvalue weighted by Gasteiger charge is 2.35. The zero-order valence-corrected chi connectivity index (χ0v) is 10.7. The molecule has 0 bridgehead atoms. The van der Waals surface area contributed by atoms with E-state index in [9.17, 15) is 9.13 Å². The largest absolute Gasteiger partial charge is 0.555 e. The van der Waals surface area contributed by atoms with E-state index in [1.165, 1.54) is 0 Å². The smallest absolute Gasteiger partial charge is 0.382 e. The third-order valence-corrected chi connectivity index (χ3v) is 3.79. The first kappa shape index (κ1) is 13.9. The summed E-state index contributed by atoms with van der Waals surface area (Å²) in [6, 6.07) is 0. The lowest BCUT2D eigenvalue weighted by Gasteiger charge is -2.12. The normalized spacial score (nSPS) is 15.3. The first-order valence-electron chi connectivity index (χ1n) is 4.41. The number of anilines is 1. The number of imidazole rings is 1. The maximum Gasteiger partial charge on any atom is 0.555 e. The fraction of sp³-hybridized carbons (Fsp3) is 0. The van der Waals surface area contributed by atoms with Crippen molar-refractivity contribution in [2.75, 3.05) is 5.73 Å². The van der Waals surface area contributed by atoms with Gasteiger partial charge in [-0.2, -0.15) is 4.31 Å². The van der Waals surface area contributed by atoms with Gasteiger partial charge in [0.25, 0.3) is 0 Å². The van der Waals surface area contributed by atoms with Crippen molar-refractivity contribution in [2.45, 2.75) is 0 Å². The lowest BCUT2D eigenvalue weighted by Crippen LogP contribution is -2.09. The molecule has 0 radical (unpaired) electrons. The molecule has 0 fully saturated rings. The molecule has 104 valence electrons. The topological polar surface area (TPSA) is 183 Å². The number of hydrogen-bond donors (Lipinski definition) is 4. The molecule has 0 aliphatic rings. The molecule has 12 nitrogen and oxygen atoms in total. The molecular formula is C5H7N5O7P2. The molecule has 0 aliphatic heterocycles. The molecule has 0 spiro atoms. The van der Waals surface area contributed by atoms with E-state index in [2.05, 4.69) is 23.9 Å². The van der Waals surface area contributed by atoms with E-state index in [1.807, 2.05) is 0 Å². The molecule has 5 N–H and O–H groups in total. The van der Waals surface area contributed by atoms with Crippen molar-refractivity contribution in [3.05, 3.63) is 12.7 Å². The highest BCUT2D eigenvalue weighted by atomic mass is 31.3. The van der Waals surface area contributed by atoms with Gasteiger partial charge in [0.15, 0.2) is 11.3 Å². The maximum absolute atomic E-state index is 11.3. The van der Waals surface area contributed by atoms with Gasteiger partial charge in [-0.1, -0.05) is 0 Å². The molecule has 0 aromatic carbocycles. The van der Waals surface area contributed by atoms with Crippen LogP contribution < -0.4 is 10.4 Å². The summed E-state index contributed by atoms with van der Waals surface area (Å²) in [7, 11) is -10.3. The van der Waals surface area contributed by atoms with E-state index >= 15 is 0 Å². The van der Waals surface area contributed by atoms with Crippen LogP contribution in [0.1, 0.15) is 0 Å². The molecular weight excluding hydrogens is 304 g/mol. The number of aromatic nitrogens is 4. The zero-order valence-electron chi connectivity index (χ0n) is 8.89. The molecule has 2 heterocycles. The number of rotatable bonds is 4. The lowest BCUT2D eigenvalue weighted by molar-refractivity contribution is 0.168. The Bertz CT molecular complexity index is 709. The van der Waals surface area contributed by atoms with Crippen LogP contribution in [0.25, 0.3) is 11.2 Å². The van der Waals surface area contributed by atoms with Crippen LogP contribution in [-0.2, 0) is 13.4 Å². The monoisotopic (exact) mass is 311 g/mol. The van der Waals surface area contributed by atoms with Crippen molar-refractivity contribution in [3.8, 4) is 0 Å². The average molecular weight is 311 g/mol. The summed E-state index contributed by atoms with van der Waals surface area (Å²) in [5, 5.41) is 0. The standard InChI is InChI=1S/C5H7N5O7P2/c6-4-3-5(8-1-7-4)10(2-9-3)16-19(14,15)17-18(11,12)13/h1-2H,(H,14,15)(H2,6,7,8)(H2,11,12,13). The second-order valence-electron chi connectivity index (χ2n) is 3.12. The van der Waals surface area contributed by atoms with Gasteiger partial charge in [-0.15, -0.1) is 4.73 Å². The first-order valence-corrected chi connectivity index (χ1v) is 7.44. The van der Waals surface area contributed by atoms with Gasteiger partial charge in [-0.05, 0) is 0 Å². The van der Waals surface area contributed by atoms with Crippen LogP contribution in [0.2, 0.25) is 0 Å². The Morgan fingerprint density at radius 2 is 1.89 bits per heavy atom. The summed E-state index contributed by atoms with van der Waals surface area (Å²) < 4.78 is 30.4. The summed E-state index contributed by atoms with van der Waals surface area (Å²) in [6.07, 6.45) is 1.97. The van der Waals surface area contributed by atoms with Crippen molar-refractivity contribution in [2.24, 2.45) is 0 Å². The quantitative estimate of drug-likeness (QED) is 0.510.